The maximum Gasteiger partial charge on any atom is 0.358 e. The van der Waals surface area contributed by atoms with Crippen molar-refractivity contribution in [1.82, 2.24) is 20.2 Å². The molecule has 0 saturated carbocycles. The summed E-state index contributed by atoms with van der Waals surface area (Å²) in [4.78, 5) is 34.6. The smallest absolute Gasteiger partial charge is 0.358 e. The first-order chi connectivity index (χ1) is 17.4. The zero-order chi connectivity index (χ0) is 25.5. The van der Waals surface area contributed by atoms with Gasteiger partial charge in [-0.3, -0.25) is 9.48 Å². The molecule has 2 heterocycles. The minimum absolute atomic E-state index is 0.166. The van der Waals surface area contributed by atoms with Gasteiger partial charge in [0, 0.05) is 23.7 Å². The largest absolute Gasteiger partial charge is 0.487 e. The minimum Gasteiger partial charge on any atom is -0.487 e. The topological polar surface area (TPSA) is 159 Å². The number of esters is 1. The summed E-state index contributed by atoms with van der Waals surface area (Å²) in [6.45, 7) is 0.493. The predicted molar refractivity (Wildman–Crippen MR) is 124 cm³/mol. The van der Waals surface area contributed by atoms with Gasteiger partial charge in [0.25, 0.3) is 0 Å². The van der Waals surface area contributed by atoms with Gasteiger partial charge >= 0.3 is 11.9 Å². The number of carbonyl (C=O) groups is 3. The van der Waals surface area contributed by atoms with Crippen molar-refractivity contribution in [2.75, 3.05) is 12.4 Å². The van der Waals surface area contributed by atoms with E-state index in [1.54, 1.807) is 59.4 Å². The molecule has 184 valence electrons. The van der Waals surface area contributed by atoms with Gasteiger partial charge in [-0.05, 0) is 48.5 Å². The van der Waals surface area contributed by atoms with E-state index in [4.69, 9.17) is 14.4 Å². The van der Waals surface area contributed by atoms with Crippen LogP contribution in [0, 0.1) is 0 Å². The zero-order valence-corrected chi connectivity index (χ0v) is 19.1. The average Bonchev–Trinajstić information content (AvgIpc) is 3.57. The number of nitrogens with one attached hydrogen (secondary N) is 1. The molecule has 0 bridgehead atoms. The van der Waals surface area contributed by atoms with E-state index in [-0.39, 0.29) is 24.6 Å². The molecule has 2 aromatic carbocycles. The second-order valence-electron chi connectivity index (χ2n) is 7.53. The summed E-state index contributed by atoms with van der Waals surface area (Å²) < 4.78 is 16.9. The van der Waals surface area contributed by atoms with Crippen molar-refractivity contribution < 1.29 is 33.5 Å². The molecule has 1 amide bonds. The number of aryl methyl sites for hydroxylation is 1. The number of carbonyl (C=O) groups excluding carboxylic acids is 2. The maximum atomic E-state index is 12.2. The van der Waals surface area contributed by atoms with E-state index in [0.29, 0.717) is 40.6 Å². The van der Waals surface area contributed by atoms with E-state index in [9.17, 15) is 14.4 Å². The number of nitrogens with zero attached hydrogens (tertiary/aromatic N) is 4. The summed E-state index contributed by atoms with van der Waals surface area (Å²) in [6, 6.07) is 14.6. The first kappa shape index (κ1) is 24.1. The summed E-state index contributed by atoms with van der Waals surface area (Å²) in [5, 5.41) is 23.2. The Morgan fingerprint density at radius 3 is 2.50 bits per heavy atom. The second kappa shape index (κ2) is 11.0. The lowest BCUT2D eigenvalue weighted by atomic mass is 10.1. The quantitative estimate of drug-likeness (QED) is 0.316. The lowest BCUT2D eigenvalue weighted by Crippen LogP contribution is -2.15. The van der Waals surface area contributed by atoms with Crippen molar-refractivity contribution in [3.05, 3.63) is 77.7 Å². The monoisotopic (exact) mass is 491 g/mol. The normalized spacial score (nSPS) is 10.6. The van der Waals surface area contributed by atoms with Crippen LogP contribution in [0.2, 0.25) is 0 Å². The van der Waals surface area contributed by atoms with Crippen LogP contribution in [-0.4, -0.2) is 50.2 Å². The van der Waals surface area contributed by atoms with Crippen LogP contribution in [0.4, 0.5) is 5.69 Å². The molecule has 12 heteroatoms. The highest BCUT2D eigenvalue weighted by Gasteiger charge is 2.12. The van der Waals surface area contributed by atoms with Crippen molar-refractivity contribution in [2.24, 2.45) is 0 Å². The van der Waals surface area contributed by atoms with Gasteiger partial charge < -0.3 is 24.4 Å². The number of methoxy groups -OCH3 is 1. The molecule has 0 aliphatic heterocycles. The van der Waals surface area contributed by atoms with Crippen molar-refractivity contribution in [3.63, 3.8) is 0 Å². The van der Waals surface area contributed by atoms with Gasteiger partial charge in [0.2, 0.25) is 5.91 Å². The molecule has 2 N–H and O–H groups in total. The first-order valence-corrected chi connectivity index (χ1v) is 10.7. The van der Waals surface area contributed by atoms with E-state index < -0.39 is 11.9 Å². The molecule has 36 heavy (non-hydrogen) atoms. The van der Waals surface area contributed by atoms with Gasteiger partial charge in [-0.25, -0.2) is 9.59 Å². The SMILES string of the molecule is COC(=O)c1ccc(NC(=O)CCn2cc(COc3ccc(-c4cc(C(=O)O)no4)cc3)nn2)cc1. The number of carboxylic acid groups (broad SMARTS) is 1. The number of hydrogen-bond acceptors (Lipinski definition) is 9. The third-order valence-corrected chi connectivity index (χ3v) is 5.00. The van der Waals surface area contributed by atoms with Gasteiger partial charge in [-0.2, -0.15) is 0 Å². The Morgan fingerprint density at radius 1 is 1.08 bits per heavy atom. The second-order valence-corrected chi connectivity index (χ2v) is 7.53. The summed E-state index contributed by atoms with van der Waals surface area (Å²) >= 11 is 0. The standard InChI is InChI=1S/C24H21N5O7/c1-34-24(33)16-2-6-17(7-3-16)25-22(30)10-11-29-13-18(26-28-29)14-35-19-8-4-15(5-9-19)21-12-20(23(31)32)27-36-21/h2-9,12-13H,10-11,14H2,1H3,(H,25,30)(H,31,32). The number of carboxylic acids is 1. The third-order valence-electron chi connectivity index (χ3n) is 5.00. The lowest BCUT2D eigenvalue weighted by molar-refractivity contribution is -0.116. The van der Waals surface area contributed by atoms with Crippen LogP contribution in [0.1, 0.15) is 33.0 Å². The number of rotatable bonds is 10. The van der Waals surface area contributed by atoms with Crippen LogP contribution in [0.5, 0.6) is 5.75 Å². The molecular weight excluding hydrogens is 470 g/mol. The molecule has 4 rings (SSSR count). The molecule has 4 aromatic rings. The van der Waals surface area contributed by atoms with E-state index in [1.807, 2.05) is 0 Å². The van der Waals surface area contributed by atoms with E-state index >= 15 is 0 Å². The Balaban J connectivity index is 1.23. The fourth-order valence-corrected chi connectivity index (χ4v) is 3.15. The fourth-order valence-electron chi connectivity index (χ4n) is 3.15. The van der Waals surface area contributed by atoms with Crippen LogP contribution in [0.15, 0.2) is 65.3 Å². The van der Waals surface area contributed by atoms with E-state index in [1.165, 1.54) is 13.2 Å². The Hall–Kier alpha value is -5.00. The lowest BCUT2D eigenvalue weighted by Gasteiger charge is -2.06. The third kappa shape index (κ3) is 6.11. The van der Waals surface area contributed by atoms with Crippen LogP contribution in [0.3, 0.4) is 0 Å². The van der Waals surface area contributed by atoms with Crippen molar-refractivity contribution in [2.45, 2.75) is 19.6 Å². The highest BCUT2D eigenvalue weighted by molar-refractivity contribution is 5.93. The predicted octanol–water partition coefficient (Wildman–Crippen LogP) is 3.03. The van der Waals surface area contributed by atoms with Crippen molar-refractivity contribution >= 4 is 23.5 Å². The summed E-state index contributed by atoms with van der Waals surface area (Å²) in [5.74, 6) is -0.909. The Bertz CT molecular complexity index is 1360. The summed E-state index contributed by atoms with van der Waals surface area (Å²) in [5.41, 5.74) is 2.04. The number of ether oxygens (including phenoxy) is 2. The van der Waals surface area contributed by atoms with Crippen LogP contribution >= 0.6 is 0 Å². The minimum atomic E-state index is -1.16. The van der Waals surface area contributed by atoms with E-state index in [2.05, 4.69) is 25.5 Å². The molecule has 0 aliphatic carbocycles. The number of benzene rings is 2. The maximum absolute atomic E-state index is 12.2. The number of aromatic carboxylic acids is 1. The average molecular weight is 491 g/mol. The van der Waals surface area contributed by atoms with Gasteiger partial charge in [-0.1, -0.05) is 10.4 Å². The highest BCUT2D eigenvalue weighted by atomic mass is 16.5. The fraction of sp³-hybridized carbons (Fsp3) is 0.167. The molecular formula is C24H21N5O7. The van der Waals surface area contributed by atoms with Gasteiger partial charge in [0.05, 0.1) is 25.4 Å². The van der Waals surface area contributed by atoms with E-state index in [0.717, 1.165) is 0 Å². The van der Waals surface area contributed by atoms with Crippen LogP contribution < -0.4 is 10.1 Å². The zero-order valence-electron chi connectivity index (χ0n) is 19.1. The van der Waals surface area contributed by atoms with Gasteiger partial charge in [-0.15, -0.1) is 5.10 Å². The molecule has 2 aromatic heterocycles. The van der Waals surface area contributed by atoms with Gasteiger partial charge in [0.15, 0.2) is 11.5 Å². The Kier molecular flexibility index (Phi) is 7.34. The molecule has 0 saturated heterocycles. The number of aromatic nitrogens is 4. The molecule has 12 nitrogen and oxygen atoms in total. The highest BCUT2D eigenvalue weighted by Crippen LogP contribution is 2.23. The Labute approximate surface area is 204 Å². The molecule has 0 aliphatic rings. The van der Waals surface area contributed by atoms with Crippen LogP contribution in [0.25, 0.3) is 11.3 Å². The summed E-state index contributed by atoms with van der Waals surface area (Å²) in [7, 11) is 1.30. The van der Waals surface area contributed by atoms with Crippen molar-refractivity contribution in [3.8, 4) is 17.1 Å². The molecule has 0 unspecified atom stereocenters. The number of amides is 1. The molecule has 0 radical (unpaired) electrons. The molecule has 0 spiro atoms. The Morgan fingerprint density at radius 2 is 1.83 bits per heavy atom. The number of anilines is 1. The molecule has 0 atom stereocenters. The first-order valence-electron chi connectivity index (χ1n) is 10.7. The molecule has 0 fully saturated rings. The van der Waals surface area contributed by atoms with Gasteiger partial charge in [0.1, 0.15) is 18.1 Å². The summed E-state index contributed by atoms with van der Waals surface area (Å²) in [6.07, 6.45) is 1.86. The van der Waals surface area contributed by atoms with Crippen molar-refractivity contribution in [1.29, 1.82) is 0 Å². The number of hydrogen-bond donors (Lipinski definition) is 2. The van der Waals surface area contributed by atoms with Crippen LogP contribution in [-0.2, 0) is 22.7 Å².